The normalized spacial score (nSPS) is 29.0. The van der Waals surface area contributed by atoms with Gasteiger partial charge in [-0.15, -0.1) is 0 Å². The number of nitrogens with zero attached hydrogens (tertiary/aromatic N) is 2. The molecule has 88 valence electrons. The zero-order valence-electron chi connectivity index (χ0n) is 10.3. The lowest BCUT2D eigenvalue weighted by atomic mass is 9.72. The molecule has 2 aliphatic heterocycles. The van der Waals surface area contributed by atoms with Gasteiger partial charge in [0.2, 0.25) is 0 Å². The minimum atomic E-state index is 0.378. The van der Waals surface area contributed by atoms with E-state index in [2.05, 4.69) is 23.8 Å². The molecule has 3 nitrogen and oxygen atoms in total. The number of hydrogen-bond acceptors (Lipinski definition) is 3. The number of ether oxygens (including phenoxy) is 1. The van der Waals surface area contributed by atoms with Crippen LogP contribution in [0, 0.1) is 5.41 Å². The lowest BCUT2D eigenvalue weighted by Gasteiger charge is -2.53. The van der Waals surface area contributed by atoms with Crippen molar-refractivity contribution >= 4 is 0 Å². The molecule has 0 unspecified atom stereocenters. The largest absolute Gasteiger partial charge is 0.380 e. The highest BCUT2D eigenvalue weighted by atomic mass is 16.5. The number of likely N-dealkylation sites (tertiary alicyclic amines) is 2. The first-order valence-electron chi connectivity index (χ1n) is 6.07. The average molecular weight is 212 g/mol. The van der Waals surface area contributed by atoms with E-state index in [1.807, 2.05) is 0 Å². The van der Waals surface area contributed by atoms with Gasteiger partial charge >= 0.3 is 0 Å². The third kappa shape index (κ3) is 2.52. The Morgan fingerprint density at radius 1 is 1.27 bits per heavy atom. The summed E-state index contributed by atoms with van der Waals surface area (Å²) in [5, 5.41) is 0. The van der Waals surface area contributed by atoms with Crippen molar-refractivity contribution in [3.8, 4) is 0 Å². The van der Waals surface area contributed by atoms with Crippen LogP contribution in [0.1, 0.15) is 19.8 Å². The van der Waals surface area contributed by atoms with Gasteiger partial charge in [0, 0.05) is 26.7 Å². The van der Waals surface area contributed by atoms with Crippen molar-refractivity contribution in [3.05, 3.63) is 0 Å². The predicted octanol–water partition coefficient (Wildman–Crippen LogP) is 1.05. The minimum Gasteiger partial charge on any atom is -0.380 e. The summed E-state index contributed by atoms with van der Waals surface area (Å²) in [5.74, 6) is 0. The fourth-order valence-corrected chi connectivity index (χ4v) is 3.06. The molecule has 1 spiro atoms. The molecule has 0 aromatic rings. The van der Waals surface area contributed by atoms with E-state index in [1.165, 1.54) is 39.0 Å². The van der Waals surface area contributed by atoms with Crippen LogP contribution in [0.2, 0.25) is 0 Å². The summed E-state index contributed by atoms with van der Waals surface area (Å²) in [5.41, 5.74) is 0.682. The Morgan fingerprint density at radius 2 is 1.87 bits per heavy atom. The van der Waals surface area contributed by atoms with Crippen LogP contribution in [0.3, 0.4) is 0 Å². The lowest BCUT2D eigenvalue weighted by Crippen LogP contribution is -2.59. The fraction of sp³-hybridized carbons (Fsp3) is 1.00. The van der Waals surface area contributed by atoms with Gasteiger partial charge in [0.1, 0.15) is 0 Å². The van der Waals surface area contributed by atoms with E-state index in [4.69, 9.17) is 4.74 Å². The fourth-order valence-electron chi connectivity index (χ4n) is 3.06. The van der Waals surface area contributed by atoms with E-state index >= 15 is 0 Å². The Hall–Kier alpha value is -0.120. The molecule has 2 aliphatic rings. The first kappa shape index (κ1) is 11.4. The van der Waals surface area contributed by atoms with Gasteiger partial charge in [0.15, 0.2) is 0 Å². The molecule has 2 heterocycles. The maximum absolute atomic E-state index is 5.31. The second-order valence-corrected chi connectivity index (χ2v) is 5.52. The molecule has 2 saturated heterocycles. The van der Waals surface area contributed by atoms with E-state index in [1.54, 1.807) is 7.11 Å². The van der Waals surface area contributed by atoms with Crippen LogP contribution < -0.4 is 0 Å². The van der Waals surface area contributed by atoms with E-state index < -0.39 is 0 Å². The van der Waals surface area contributed by atoms with Crippen molar-refractivity contribution in [1.82, 2.24) is 9.80 Å². The topological polar surface area (TPSA) is 15.7 Å². The predicted molar refractivity (Wildman–Crippen MR) is 62.1 cm³/mol. The van der Waals surface area contributed by atoms with Crippen LogP contribution in [0.25, 0.3) is 0 Å². The molecule has 2 rings (SSSR count). The second kappa shape index (κ2) is 4.40. The monoisotopic (exact) mass is 212 g/mol. The Bertz CT molecular complexity index is 204. The zero-order valence-corrected chi connectivity index (χ0v) is 10.3. The number of hydrogen-bond donors (Lipinski definition) is 0. The van der Waals surface area contributed by atoms with Crippen LogP contribution in [0.5, 0.6) is 0 Å². The molecule has 15 heavy (non-hydrogen) atoms. The quantitative estimate of drug-likeness (QED) is 0.695. The van der Waals surface area contributed by atoms with Gasteiger partial charge in [-0.25, -0.2) is 0 Å². The number of piperidine rings is 1. The summed E-state index contributed by atoms with van der Waals surface area (Å²) in [6.45, 7) is 8.42. The first-order valence-corrected chi connectivity index (χ1v) is 6.07. The molecule has 0 amide bonds. The minimum absolute atomic E-state index is 0.378. The molecule has 0 radical (unpaired) electrons. The van der Waals surface area contributed by atoms with Crippen LogP contribution in [-0.4, -0.2) is 62.8 Å². The molecule has 0 saturated carbocycles. The van der Waals surface area contributed by atoms with Gasteiger partial charge in [0.25, 0.3) is 0 Å². The second-order valence-electron chi connectivity index (χ2n) is 5.52. The molecule has 0 aromatic carbocycles. The highest BCUT2D eigenvalue weighted by Gasteiger charge is 2.42. The molecule has 0 N–H and O–H groups in total. The third-order valence-electron chi connectivity index (χ3n) is 4.05. The first-order chi connectivity index (χ1) is 7.13. The summed E-state index contributed by atoms with van der Waals surface area (Å²) in [6, 6.07) is 0. The Morgan fingerprint density at radius 3 is 2.33 bits per heavy atom. The molecule has 1 atom stereocenters. The van der Waals surface area contributed by atoms with Crippen LogP contribution in [0.15, 0.2) is 0 Å². The molecule has 0 bridgehead atoms. The van der Waals surface area contributed by atoms with Gasteiger partial charge in [-0.1, -0.05) is 0 Å². The summed E-state index contributed by atoms with van der Waals surface area (Å²) in [4.78, 5) is 4.99. The number of methoxy groups -OCH3 is 1. The van der Waals surface area contributed by atoms with Gasteiger partial charge in [-0.3, -0.25) is 0 Å². The lowest BCUT2D eigenvalue weighted by molar-refractivity contribution is -0.0400. The van der Waals surface area contributed by atoms with Crippen molar-refractivity contribution < 1.29 is 4.74 Å². The Labute approximate surface area is 93.4 Å². The summed E-state index contributed by atoms with van der Waals surface area (Å²) >= 11 is 0. The molecule has 0 aromatic heterocycles. The zero-order chi connectivity index (χ0) is 10.9. The van der Waals surface area contributed by atoms with Gasteiger partial charge in [-0.05, 0) is 45.3 Å². The maximum atomic E-state index is 5.31. The molecular weight excluding hydrogens is 188 g/mol. The van der Waals surface area contributed by atoms with E-state index in [0.717, 1.165) is 6.54 Å². The Kier molecular flexibility index (Phi) is 3.33. The SMILES string of the molecule is CO[C@H](C)CN1CCC2(CC1)CN(C)C2. The van der Waals surface area contributed by atoms with Gasteiger partial charge < -0.3 is 14.5 Å². The van der Waals surface area contributed by atoms with E-state index in [-0.39, 0.29) is 0 Å². The van der Waals surface area contributed by atoms with Crippen LogP contribution >= 0.6 is 0 Å². The molecule has 2 fully saturated rings. The summed E-state index contributed by atoms with van der Waals surface area (Å²) < 4.78 is 5.31. The average Bonchev–Trinajstić information content (AvgIpc) is 2.19. The highest BCUT2D eigenvalue weighted by Crippen LogP contribution is 2.39. The molecular formula is C12H24N2O. The van der Waals surface area contributed by atoms with Crippen LogP contribution in [0.4, 0.5) is 0 Å². The van der Waals surface area contributed by atoms with Crippen molar-refractivity contribution in [2.75, 3.05) is 46.9 Å². The van der Waals surface area contributed by atoms with E-state index in [0.29, 0.717) is 11.5 Å². The molecule has 0 aliphatic carbocycles. The smallest absolute Gasteiger partial charge is 0.0670 e. The third-order valence-corrected chi connectivity index (χ3v) is 4.05. The molecule has 3 heteroatoms. The number of rotatable bonds is 3. The Balaban J connectivity index is 1.73. The van der Waals surface area contributed by atoms with Crippen molar-refractivity contribution in [1.29, 1.82) is 0 Å². The highest BCUT2D eigenvalue weighted by molar-refractivity contribution is 4.96. The van der Waals surface area contributed by atoms with Crippen molar-refractivity contribution in [2.24, 2.45) is 5.41 Å². The van der Waals surface area contributed by atoms with Gasteiger partial charge in [-0.2, -0.15) is 0 Å². The van der Waals surface area contributed by atoms with Crippen molar-refractivity contribution in [2.45, 2.75) is 25.9 Å². The van der Waals surface area contributed by atoms with Crippen LogP contribution in [-0.2, 0) is 4.74 Å². The summed E-state index contributed by atoms with van der Waals surface area (Å²) in [6.07, 6.45) is 3.14. The van der Waals surface area contributed by atoms with Crippen molar-refractivity contribution in [3.63, 3.8) is 0 Å². The standard InChI is InChI=1S/C12H24N2O/c1-11(15-3)8-14-6-4-12(5-7-14)9-13(2)10-12/h11H,4-10H2,1-3H3/t11-/m1/s1. The van der Waals surface area contributed by atoms with E-state index in [9.17, 15) is 0 Å². The summed E-state index contributed by atoms with van der Waals surface area (Å²) in [7, 11) is 4.03. The van der Waals surface area contributed by atoms with Gasteiger partial charge in [0.05, 0.1) is 6.10 Å². The maximum Gasteiger partial charge on any atom is 0.0670 e.